The van der Waals surface area contributed by atoms with E-state index in [1.54, 1.807) is 24.3 Å². The predicted molar refractivity (Wildman–Crippen MR) is 127 cm³/mol. The minimum Gasteiger partial charge on any atom is -0.495 e. The Morgan fingerprint density at radius 3 is 2.39 bits per heavy atom. The molecule has 4 rings (SSSR count). The number of nitrogens with one attached hydrogen (secondary N) is 1. The van der Waals surface area contributed by atoms with Gasteiger partial charge >= 0.3 is 0 Å². The number of anilines is 1. The van der Waals surface area contributed by atoms with E-state index in [0.29, 0.717) is 23.7 Å². The third-order valence-corrected chi connectivity index (χ3v) is 8.93. The second kappa shape index (κ2) is 9.58. The molecule has 3 aromatic rings. The minimum atomic E-state index is -3.77. The van der Waals surface area contributed by atoms with Crippen molar-refractivity contribution in [1.82, 2.24) is 14.5 Å². The maximum absolute atomic E-state index is 13.6. The van der Waals surface area contributed by atoms with Crippen LogP contribution in [0.25, 0.3) is 0 Å². The van der Waals surface area contributed by atoms with E-state index in [2.05, 4.69) is 15.5 Å². The van der Waals surface area contributed by atoms with Crippen LogP contribution in [0, 0.1) is 0 Å². The fourth-order valence-electron chi connectivity index (χ4n) is 4.15. The number of benzene rings is 2. The van der Waals surface area contributed by atoms with Gasteiger partial charge in [-0.15, -0.1) is 10.2 Å². The molecule has 0 atom stereocenters. The number of piperidine rings is 1. The van der Waals surface area contributed by atoms with Crippen LogP contribution in [0.4, 0.5) is 5.13 Å². The van der Waals surface area contributed by atoms with Crippen molar-refractivity contribution in [3.05, 3.63) is 65.2 Å². The number of carbonyl (C=O) groups excluding carboxylic acids is 1. The highest BCUT2D eigenvalue weighted by atomic mass is 32.2. The molecule has 8 nitrogen and oxygen atoms in total. The Labute approximate surface area is 197 Å². The summed E-state index contributed by atoms with van der Waals surface area (Å²) in [5, 5.41) is 12.4. The van der Waals surface area contributed by atoms with E-state index in [1.807, 2.05) is 37.3 Å². The molecule has 1 fully saturated rings. The van der Waals surface area contributed by atoms with E-state index in [4.69, 9.17) is 4.74 Å². The summed E-state index contributed by atoms with van der Waals surface area (Å²) in [4.78, 5) is 13.7. The van der Waals surface area contributed by atoms with Crippen LogP contribution in [0.3, 0.4) is 0 Å². The van der Waals surface area contributed by atoms with Crippen molar-refractivity contribution in [1.29, 1.82) is 0 Å². The van der Waals surface area contributed by atoms with Crippen molar-refractivity contribution in [3.8, 4) is 5.75 Å². The lowest BCUT2D eigenvalue weighted by Gasteiger charge is -2.40. The standard InChI is InChI=1S/C23H26N4O4S2/c1-3-20-25-26-22(32-20)24-21(28)23(17-9-5-4-6-10-17)13-15-27(16-14-23)33(29,30)19-12-8-7-11-18(19)31-2/h4-12H,3,13-16H2,1-2H3,(H,24,26,28). The molecule has 2 heterocycles. The third kappa shape index (κ3) is 4.50. The number of nitrogens with zero attached hydrogens (tertiary/aromatic N) is 3. The monoisotopic (exact) mass is 486 g/mol. The van der Waals surface area contributed by atoms with Gasteiger partial charge in [0, 0.05) is 13.1 Å². The maximum Gasteiger partial charge on any atom is 0.246 e. The largest absolute Gasteiger partial charge is 0.495 e. The number of sulfonamides is 1. The van der Waals surface area contributed by atoms with E-state index < -0.39 is 15.4 Å². The van der Waals surface area contributed by atoms with E-state index >= 15 is 0 Å². The first kappa shape index (κ1) is 23.3. The third-order valence-electron chi connectivity index (χ3n) is 6.01. The normalized spacial score (nSPS) is 16.3. The summed E-state index contributed by atoms with van der Waals surface area (Å²) in [5.41, 5.74) is -0.0105. The lowest BCUT2D eigenvalue weighted by Crippen LogP contribution is -2.50. The van der Waals surface area contributed by atoms with Gasteiger partial charge in [-0.3, -0.25) is 10.1 Å². The number of hydrogen-bond acceptors (Lipinski definition) is 7. The summed E-state index contributed by atoms with van der Waals surface area (Å²) in [6.07, 6.45) is 1.43. The first-order valence-corrected chi connectivity index (χ1v) is 13.0. The Morgan fingerprint density at radius 2 is 1.76 bits per heavy atom. The fourth-order valence-corrected chi connectivity index (χ4v) is 6.42. The van der Waals surface area contributed by atoms with Crippen molar-refractivity contribution in [2.24, 2.45) is 0 Å². The topological polar surface area (TPSA) is 101 Å². The van der Waals surface area contributed by atoms with Gasteiger partial charge in [-0.2, -0.15) is 4.31 Å². The Bertz CT molecular complexity index is 1220. The van der Waals surface area contributed by atoms with E-state index in [-0.39, 0.29) is 23.9 Å². The molecule has 0 saturated carbocycles. The average molecular weight is 487 g/mol. The molecule has 1 aromatic heterocycles. The van der Waals surface area contributed by atoms with Gasteiger partial charge in [0.1, 0.15) is 15.7 Å². The Balaban J connectivity index is 1.61. The molecule has 0 spiro atoms. The number of para-hydroxylation sites is 1. The number of amides is 1. The molecule has 10 heteroatoms. The van der Waals surface area contributed by atoms with Gasteiger partial charge in [-0.1, -0.05) is 60.7 Å². The van der Waals surface area contributed by atoms with Crippen LogP contribution in [-0.2, 0) is 26.7 Å². The molecule has 2 aromatic carbocycles. The molecule has 0 unspecified atom stereocenters. The SMILES string of the molecule is CCc1nnc(NC(=O)C2(c3ccccc3)CCN(S(=O)(=O)c3ccccc3OC)CC2)s1. The zero-order chi connectivity index (χ0) is 23.5. The molecule has 0 bridgehead atoms. The smallest absolute Gasteiger partial charge is 0.246 e. The second-order valence-corrected chi connectivity index (χ2v) is 10.8. The number of rotatable bonds is 7. The number of aryl methyl sites for hydroxylation is 1. The molecule has 1 aliphatic rings. The Morgan fingerprint density at radius 1 is 1.09 bits per heavy atom. The van der Waals surface area contributed by atoms with Crippen molar-refractivity contribution in [2.75, 3.05) is 25.5 Å². The molecule has 1 aliphatic heterocycles. The molecule has 0 radical (unpaired) electrons. The van der Waals surface area contributed by atoms with Crippen LogP contribution in [0.5, 0.6) is 5.75 Å². The molecular formula is C23H26N4O4S2. The second-order valence-electron chi connectivity index (χ2n) is 7.81. The Kier molecular flexibility index (Phi) is 6.78. The molecule has 1 amide bonds. The van der Waals surface area contributed by atoms with Crippen molar-refractivity contribution in [2.45, 2.75) is 36.5 Å². The zero-order valence-corrected chi connectivity index (χ0v) is 20.2. The molecule has 0 aliphatic carbocycles. The van der Waals surface area contributed by atoms with Gasteiger partial charge in [0.15, 0.2) is 0 Å². The lowest BCUT2D eigenvalue weighted by molar-refractivity contribution is -0.123. The highest BCUT2D eigenvalue weighted by molar-refractivity contribution is 7.89. The van der Waals surface area contributed by atoms with Gasteiger partial charge in [0.05, 0.1) is 12.5 Å². The van der Waals surface area contributed by atoms with E-state index in [1.165, 1.54) is 22.8 Å². The highest BCUT2D eigenvalue weighted by Gasteiger charge is 2.45. The van der Waals surface area contributed by atoms with Crippen LogP contribution in [0.1, 0.15) is 30.3 Å². The molecule has 174 valence electrons. The molecule has 1 N–H and O–H groups in total. The quantitative estimate of drug-likeness (QED) is 0.549. The van der Waals surface area contributed by atoms with Crippen LogP contribution in [0.15, 0.2) is 59.5 Å². The first-order valence-electron chi connectivity index (χ1n) is 10.7. The van der Waals surface area contributed by atoms with Gasteiger partial charge < -0.3 is 4.74 Å². The van der Waals surface area contributed by atoms with Gasteiger partial charge in [0.2, 0.25) is 21.1 Å². The Hall–Kier alpha value is -2.82. The summed E-state index contributed by atoms with van der Waals surface area (Å²) >= 11 is 1.35. The number of ether oxygens (including phenoxy) is 1. The molecular weight excluding hydrogens is 460 g/mol. The number of methoxy groups -OCH3 is 1. The highest BCUT2D eigenvalue weighted by Crippen LogP contribution is 2.39. The van der Waals surface area contributed by atoms with Crippen LogP contribution >= 0.6 is 11.3 Å². The summed E-state index contributed by atoms with van der Waals surface area (Å²) in [6, 6.07) is 16.1. The molecule has 33 heavy (non-hydrogen) atoms. The van der Waals surface area contributed by atoms with E-state index in [9.17, 15) is 13.2 Å². The van der Waals surface area contributed by atoms with Crippen LogP contribution in [-0.4, -0.2) is 49.0 Å². The number of aromatic nitrogens is 2. The average Bonchev–Trinajstić information content (AvgIpc) is 3.32. The van der Waals surface area contributed by atoms with Gasteiger partial charge in [0.25, 0.3) is 0 Å². The van der Waals surface area contributed by atoms with Gasteiger partial charge in [-0.05, 0) is 37.0 Å². The van der Waals surface area contributed by atoms with Crippen molar-refractivity contribution >= 4 is 32.4 Å². The van der Waals surface area contributed by atoms with Crippen molar-refractivity contribution < 1.29 is 17.9 Å². The maximum atomic E-state index is 13.6. The number of carbonyl (C=O) groups is 1. The summed E-state index contributed by atoms with van der Waals surface area (Å²) in [6.45, 7) is 2.40. The van der Waals surface area contributed by atoms with Crippen LogP contribution < -0.4 is 10.1 Å². The lowest BCUT2D eigenvalue weighted by atomic mass is 9.72. The minimum absolute atomic E-state index is 0.130. The predicted octanol–water partition coefficient (Wildman–Crippen LogP) is 3.47. The zero-order valence-electron chi connectivity index (χ0n) is 18.5. The van der Waals surface area contributed by atoms with Crippen LogP contribution in [0.2, 0.25) is 0 Å². The van der Waals surface area contributed by atoms with E-state index in [0.717, 1.165) is 17.0 Å². The molecule has 1 saturated heterocycles. The van der Waals surface area contributed by atoms with Crippen molar-refractivity contribution in [3.63, 3.8) is 0 Å². The summed E-state index contributed by atoms with van der Waals surface area (Å²) in [5.74, 6) is 0.111. The number of hydrogen-bond donors (Lipinski definition) is 1. The van der Waals surface area contributed by atoms with Gasteiger partial charge in [-0.25, -0.2) is 8.42 Å². The summed E-state index contributed by atoms with van der Waals surface area (Å²) < 4.78 is 33.4. The first-order chi connectivity index (χ1) is 15.9. The summed E-state index contributed by atoms with van der Waals surface area (Å²) in [7, 11) is -2.31. The fraction of sp³-hybridized carbons (Fsp3) is 0.348.